The highest BCUT2D eigenvalue weighted by atomic mass is 79.9. The predicted octanol–water partition coefficient (Wildman–Crippen LogP) is 1.38. The number of rotatable bonds is 2. The van der Waals surface area contributed by atoms with Gasteiger partial charge in [-0.25, -0.2) is 4.39 Å². The second-order valence-corrected chi connectivity index (χ2v) is 4.06. The lowest BCUT2D eigenvalue weighted by Gasteiger charge is -2.17. The van der Waals surface area contributed by atoms with E-state index in [1.165, 1.54) is 6.92 Å². The van der Waals surface area contributed by atoms with Crippen LogP contribution in [-0.4, -0.2) is 21.4 Å². The lowest BCUT2D eigenvalue weighted by Crippen LogP contribution is -2.24. The molecule has 6 heteroatoms. The van der Waals surface area contributed by atoms with E-state index in [0.29, 0.717) is 0 Å². The number of aliphatic hydroxyl groups is 1. The zero-order valence-corrected chi connectivity index (χ0v) is 9.49. The van der Waals surface area contributed by atoms with Crippen molar-refractivity contribution in [2.24, 2.45) is 5.73 Å². The first-order chi connectivity index (χ1) is 6.86. The van der Waals surface area contributed by atoms with Gasteiger partial charge in [0.25, 0.3) is 0 Å². The molecule has 5 N–H and O–H groups in total. The molecule has 84 valence electrons. The Morgan fingerprint density at radius 2 is 1.93 bits per heavy atom. The molecular weight excluding hydrogens is 269 g/mol. The summed E-state index contributed by atoms with van der Waals surface area (Å²) in [6, 6.07) is 0.190. The van der Waals surface area contributed by atoms with Crippen molar-refractivity contribution in [2.75, 3.05) is 0 Å². The Balaban J connectivity index is 3.32. The smallest absolute Gasteiger partial charge is 0.169 e. The number of halogens is 2. The number of aliphatic hydroxyl groups excluding tert-OH is 1. The lowest BCUT2D eigenvalue weighted by atomic mass is 10.0. The van der Waals surface area contributed by atoms with E-state index in [9.17, 15) is 14.6 Å². The van der Waals surface area contributed by atoms with Crippen LogP contribution in [0.1, 0.15) is 18.6 Å². The van der Waals surface area contributed by atoms with E-state index in [1.807, 2.05) is 0 Å². The molecule has 0 bridgehead atoms. The minimum atomic E-state index is -1.20. The molecule has 1 rings (SSSR count). The molecule has 0 fully saturated rings. The van der Waals surface area contributed by atoms with Gasteiger partial charge in [0.05, 0.1) is 6.10 Å². The van der Waals surface area contributed by atoms with Gasteiger partial charge in [-0.2, -0.15) is 0 Å². The highest BCUT2D eigenvalue weighted by Gasteiger charge is 2.22. The first kappa shape index (κ1) is 12.2. The third kappa shape index (κ3) is 2.22. The molecule has 4 nitrogen and oxygen atoms in total. The van der Waals surface area contributed by atoms with Gasteiger partial charge >= 0.3 is 0 Å². The van der Waals surface area contributed by atoms with Gasteiger partial charge in [-0.15, -0.1) is 0 Å². The molecule has 15 heavy (non-hydrogen) atoms. The molecule has 1 aromatic rings. The monoisotopic (exact) mass is 279 g/mol. The number of phenolic OH excluding ortho intramolecular Hbond substituents is 2. The zero-order chi connectivity index (χ0) is 11.7. The van der Waals surface area contributed by atoms with E-state index in [1.54, 1.807) is 0 Å². The standard InChI is InChI=1S/C9H11BrFNO3/c1-3(12)7(13)4-2-5(11)9(15)6(10)8(4)14/h2-3,7,13-15H,12H2,1H3. The molecule has 2 unspecified atom stereocenters. The third-order valence-electron chi connectivity index (χ3n) is 2.01. The molecule has 0 aliphatic carbocycles. The van der Waals surface area contributed by atoms with Gasteiger partial charge in [0.1, 0.15) is 10.2 Å². The van der Waals surface area contributed by atoms with Crippen molar-refractivity contribution in [3.8, 4) is 11.5 Å². The van der Waals surface area contributed by atoms with Crippen LogP contribution in [-0.2, 0) is 0 Å². The second-order valence-electron chi connectivity index (χ2n) is 3.26. The minimum Gasteiger partial charge on any atom is -0.506 e. The molecular formula is C9H11BrFNO3. The Labute approximate surface area is 94.3 Å². The van der Waals surface area contributed by atoms with Crippen molar-refractivity contribution in [3.63, 3.8) is 0 Å². The van der Waals surface area contributed by atoms with Crippen LogP contribution in [0.15, 0.2) is 10.5 Å². The fourth-order valence-electron chi connectivity index (χ4n) is 1.13. The quantitative estimate of drug-likeness (QED) is 0.659. The highest BCUT2D eigenvalue weighted by molar-refractivity contribution is 9.10. The van der Waals surface area contributed by atoms with Gasteiger partial charge in [-0.3, -0.25) is 0 Å². The fraction of sp³-hybridized carbons (Fsp3) is 0.333. The number of phenols is 2. The zero-order valence-electron chi connectivity index (χ0n) is 7.91. The molecule has 0 amide bonds. The van der Waals surface area contributed by atoms with Crippen LogP contribution in [0.25, 0.3) is 0 Å². The highest BCUT2D eigenvalue weighted by Crippen LogP contribution is 2.40. The van der Waals surface area contributed by atoms with Crippen LogP contribution in [0.4, 0.5) is 4.39 Å². The Kier molecular flexibility index (Phi) is 3.54. The van der Waals surface area contributed by atoms with Crippen LogP contribution < -0.4 is 5.73 Å². The van der Waals surface area contributed by atoms with Crippen LogP contribution in [0.5, 0.6) is 11.5 Å². The number of hydrogen-bond acceptors (Lipinski definition) is 4. The summed E-state index contributed by atoms with van der Waals surface area (Å²) >= 11 is 2.81. The molecule has 0 spiro atoms. The summed E-state index contributed by atoms with van der Waals surface area (Å²) in [6.45, 7) is 1.52. The van der Waals surface area contributed by atoms with Crippen LogP contribution in [0.2, 0.25) is 0 Å². The lowest BCUT2D eigenvalue weighted by molar-refractivity contribution is 0.149. The molecule has 0 aromatic heterocycles. The number of hydrogen-bond donors (Lipinski definition) is 4. The molecule has 2 atom stereocenters. The van der Waals surface area contributed by atoms with Crippen molar-refractivity contribution in [2.45, 2.75) is 19.1 Å². The van der Waals surface area contributed by atoms with Gasteiger partial charge in [-0.05, 0) is 28.9 Å². The largest absolute Gasteiger partial charge is 0.506 e. The topological polar surface area (TPSA) is 86.7 Å². The van der Waals surface area contributed by atoms with Gasteiger partial charge < -0.3 is 21.1 Å². The van der Waals surface area contributed by atoms with Gasteiger partial charge in [-0.1, -0.05) is 0 Å². The molecule has 1 aromatic carbocycles. The van der Waals surface area contributed by atoms with Crippen molar-refractivity contribution in [1.29, 1.82) is 0 Å². The summed E-state index contributed by atoms with van der Waals surface area (Å²) in [7, 11) is 0. The SMILES string of the molecule is CC(N)C(O)c1cc(F)c(O)c(Br)c1O. The van der Waals surface area contributed by atoms with Gasteiger partial charge in [0.2, 0.25) is 0 Å². The first-order valence-corrected chi connectivity index (χ1v) is 4.99. The maximum Gasteiger partial charge on any atom is 0.169 e. The Morgan fingerprint density at radius 3 is 2.40 bits per heavy atom. The summed E-state index contributed by atoms with van der Waals surface area (Å²) in [6.07, 6.45) is -1.20. The minimum absolute atomic E-state index is 0.0628. The summed E-state index contributed by atoms with van der Waals surface area (Å²) in [4.78, 5) is 0. The summed E-state index contributed by atoms with van der Waals surface area (Å²) in [5.74, 6) is -2.05. The molecule has 0 saturated heterocycles. The Bertz CT molecular complexity index is 384. The molecule has 0 aliphatic heterocycles. The fourth-order valence-corrected chi connectivity index (χ4v) is 1.54. The molecule has 0 radical (unpaired) electrons. The van der Waals surface area contributed by atoms with E-state index >= 15 is 0 Å². The average Bonchev–Trinajstić information content (AvgIpc) is 2.19. The van der Waals surface area contributed by atoms with E-state index in [2.05, 4.69) is 15.9 Å². The summed E-state index contributed by atoms with van der Waals surface area (Å²) in [5, 5.41) is 28.2. The Morgan fingerprint density at radius 1 is 1.40 bits per heavy atom. The number of nitrogens with two attached hydrogens (primary N) is 1. The van der Waals surface area contributed by atoms with Crippen LogP contribution in [0.3, 0.4) is 0 Å². The van der Waals surface area contributed by atoms with E-state index in [-0.39, 0.29) is 10.0 Å². The van der Waals surface area contributed by atoms with Gasteiger partial charge in [0.15, 0.2) is 11.6 Å². The molecule has 0 heterocycles. The molecule has 0 saturated carbocycles. The third-order valence-corrected chi connectivity index (χ3v) is 2.77. The number of benzene rings is 1. The summed E-state index contributed by atoms with van der Waals surface area (Å²) < 4.78 is 12.9. The average molecular weight is 280 g/mol. The second kappa shape index (κ2) is 4.34. The maximum atomic E-state index is 13.1. The molecule has 0 aliphatic rings. The normalized spacial score (nSPS) is 15.0. The van der Waals surface area contributed by atoms with Crippen molar-refractivity contribution in [3.05, 3.63) is 21.9 Å². The van der Waals surface area contributed by atoms with E-state index in [0.717, 1.165) is 6.07 Å². The van der Waals surface area contributed by atoms with E-state index < -0.39 is 29.5 Å². The number of aromatic hydroxyl groups is 2. The summed E-state index contributed by atoms with van der Waals surface area (Å²) in [5.41, 5.74) is 5.35. The van der Waals surface area contributed by atoms with Crippen LogP contribution in [0, 0.1) is 5.82 Å². The van der Waals surface area contributed by atoms with Crippen LogP contribution >= 0.6 is 15.9 Å². The van der Waals surface area contributed by atoms with Crippen molar-refractivity contribution >= 4 is 15.9 Å². The van der Waals surface area contributed by atoms with E-state index in [4.69, 9.17) is 10.8 Å². The Hall–Kier alpha value is -0.850. The maximum absolute atomic E-state index is 13.1. The van der Waals surface area contributed by atoms with Crippen molar-refractivity contribution in [1.82, 2.24) is 0 Å². The van der Waals surface area contributed by atoms with Crippen molar-refractivity contribution < 1.29 is 19.7 Å². The first-order valence-electron chi connectivity index (χ1n) is 4.19. The van der Waals surface area contributed by atoms with Gasteiger partial charge in [0, 0.05) is 11.6 Å². The predicted molar refractivity (Wildman–Crippen MR) is 56.0 cm³/mol.